The monoisotopic (exact) mass is 438 g/mol. The van der Waals surface area contributed by atoms with Crippen LogP contribution in [0, 0.1) is 5.41 Å². The second-order valence-electron chi connectivity index (χ2n) is 8.75. The van der Waals surface area contributed by atoms with Gasteiger partial charge in [-0.3, -0.25) is 4.79 Å². The fraction of sp³-hybridized carbons (Fsp3) is 0.214. The van der Waals surface area contributed by atoms with Gasteiger partial charge in [-0.05, 0) is 54.0 Å². The Morgan fingerprint density at radius 2 is 1.72 bits per heavy atom. The number of nitrogens with one attached hydrogen (secondary N) is 1. The third kappa shape index (κ3) is 3.98. The summed E-state index contributed by atoms with van der Waals surface area (Å²) in [5.41, 5.74) is 5.81. The van der Waals surface area contributed by atoms with E-state index in [9.17, 15) is 4.79 Å². The lowest BCUT2D eigenvalue weighted by Crippen LogP contribution is -2.37. The highest BCUT2D eigenvalue weighted by atomic mass is 32.1. The van der Waals surface area contributed by atoms with Gasteiger partial charge in [0.25, 0.3) is 0 Å². The summed E-state index contributed by atoms with van der Waals surface area (Å²) in [6, 6.07) is 27.8. The highest BCUT2D eigenvalue weighted by molar-refractivity contribution is 7.13. The molecule has 0 unspecified atom stereocenters. The Morgan fingerprint density at radius 3 is 2.44 bits per heavy atom. The minimum atomic E-state index is -0.576. The van der Waals surface area contributed by atoms with E-state index in [4.69, 9.17) is 0 Å². The molecule has 0 saturated heterocycles. The highest BCUT2D eigenvalue weighted by Gasteiger charge is 2.48. The number of rotatable bonds is 6. The van der Waals surface area contributed by atoms with E-state index in [1.807, 2.05) is 11.4 Å². The van der Waals surface area contributed by atoms with Gasteiger partial charge >= 0.3 is 0 Å². The Hall–Kier alpha value is -3.24. The molecule has 0 fully saturated rings. The maximum atomic E-state index is 13.5. The number of fused-ring (bicyclic) bond motifs is 1. The molecule has 3 aromatic carbocycles. The van der Waals surface area contributed by atoms with Crippen LogP contribution < -0.4 is 5.32 Å². The predicted molar refractivity (Wildman–Crippen MR) is 131 cm³/mol. The SMILES string of the molecule is C[C@@]1(C(=O)Nc2nccs2)Cc2ccc(CCc3ccccc3)cc2[C@@H]1c1ccccc1. The average molecular weight is 439 g/mol. The van der Waals surface area contributed by atoms with Crippen LogP contribution >= 0.6 is 11.3 Å². The zero-order valence-corrected chi connectivity index (χ0v) is 18.9. The third-order valence-corrected chi connectivity index (χ3v) is 7.25. The number of hydrogen-bond acceptors (Lipinski definition) is 3. The molecule has 1 heterocycles. The van der Waals surface area contributed by atoms with Crippen LogP contribution in [0.15, 0.2) is 90.4 Å². The van der Waals surface area contributed by atoms with Crippen molar-refractivity contribution in [1.82, 2.24) is 4.98 Å². The quantitative estimate of drug-likeness (QED) is 0.386. The average Bonchev–Trinajstić information content (AvgIpc) is 3.44. The number of carbonyl (C=O) groups excluding carboxylic acids is 1. The van der Waals surface area contributed by atoms with Gasteiger partial charge in [-0.1, -0.05) is 78.9 Å². The molecule has 0 saturated carbocycles. The molecule has 160 valence electrons. The van der Waals surface area contributed by atoms with Crippen molar-refractivity contribution < 1.29 is 4.79 Å². The first kappa shape index (κ1) is 20.7. The van der Waals surface area contributed by atoms with Crippen molar-refractivity contribution >= 4 is 22.4 Å². The van der Waals surface area contributed by atoms with Crippen molar-refractivity contribution in [2.45, 2.75) is 32.1 Å². The normalized spacial score (nSPS) is 19.5. The standard InChI is InChI=1S/C28H26N2OS/c1-28(26(31)30-27-29-16-17-32-27)19-23-15-14-21(13-12-20-8-4-2-5-9-20)18-24(23)25(28)22-10-6-3-7-11-22/h2-11,14-18,25H,12-13,19H2,1H3,(H,29,30,31)/t25-,28+/m0/s1. The van der Waals surface area contributed by atoms with Crippen LogP contribution in [0.5, 0.6) is 0 Å². The molecule has 5 rings (SSSR count). The fourth-order valence-electron chi connectivity index (χ4n) is 4.93. The molecule has 1 aromatic heterocycles. The van der Waals surface area contributed by atoms with Crippen LogP contribution in [-0.4, -0.2) is 10.9 Å². The number of amides is 1. The van der Waals surface area contributed by atoms with E-state index in [-0.39, 0.29) is 11.8 Å². The van der Waals surface area contributed by atoms with Gasteiger partial charge < -0.3 is 5.32 Å². The molecule has 0 aliphatic heterocycles. The van der Waals surface area contributed by atoms with E-state index in [0.29, 0.717) is 5.13 Å². The fourth-order valence-corrected chi connectivity index (χ4v) is 5.46. The predicted octanol–water partition coefficient (Wildman–Crippen LogP) is 6.26. The number of carbonyl (C=O) groups is 1. The summed E-state index contributed by atoms with van der Waals surface area (Å²) in [6.07, 6.45) is 4.44. The summed E-state index contributed by atoms with van der Waals surface area (Å²) in [6.45, 7) is 2.09. The first-order valence-electron chi connectivity index (χ1n) is 11.0. The van der Waals surface area contributed by atoms with Crippen LogP contribution in [0.25, 0.3) is 0 Å². The molecule has 1 aliphatic carbocycles. The lowest BCUT2D eigenvalue weighted by molar-refractivity contribution is -0.125. The van der Waals surface area contributed by atoms with Gasteiger partial charge in [0.2, 0.25) is 5.91 Å². The van der Waals surface area contributed by atoms with Crippen LogP contribution in [0.2, 0.25) is 0 Å². The van der Waals surface area contributed by atoms with Crippen LogP contribution in [0.4, 0.5) is 5.13 Å². The Bertz CT molecular complexity index is 1200. The number of benzene rings is 3. The first-order chi connectivity index (χ1) is 15.6. The number of nitrogens with zero attached hydrogens (tertiary/aromatic N) is 1. The van der Waals surface area contributed by atoms with Gasteiger partial charge in [-0.2, -0.15) is 0 Å². The maximum Gasteiger partial charge on any atom is 0.233 e. The second kappa shape index (κ2) is 8.71. The Morgan fingerprint density at radius 1 is 1.00 bits per heavy atom. The summed E-state index contributed by atoms with van der Waals surface area (Å²) in [7, 11) is 0. The van der Waals surface area contributed by atoms with E-state index in [2.05, 4.69) is 90.0 Å². The minimum absolute atomic E-state index is 0.00957. The number of aryl methyl sites for hydroxylation is 2. The smallest absolute Gasteiger partial charge is 0.233 e. The van der Waals surface area contributed by atoms with Crippen molar-refractivity contribution in [3.05, 3.63) is 118 Å². The molecular weight excluding hydrogens is 412 g/mol. The number of aromatic nitrogens is 1. The zero-order chi connectivity index (χ0) is 22.0. The van der Waals surface area contributed by atoms with Gasteiger partial charge in [-0.15, -0.1) is 11.3 Å². The summed E-state index contributed by atoms with van der Waals surface area (Å²) >= 11 is 1.45. The number of hydrogen-bond donors (Lipinski definition) is 1. The Kier molecular flexibility index (Phi) is 5.62. The molecule has 0 radical (unpaired) electrons. The molecule has 2 atom stereocenters. The van der Waals surface area contributed by atoms with Crippen LogP contribution in [0.1, 0.15) is 40.7 Å². The van der Waals surface area contributed by atoms with Crippen molar-refractivity contribution in [2.75, 3.05) is 5.32 Å². The minimum Gasteiger partial charge on any atom is -0.301 e. The topological polar surface area (TPSA) is 42.0 Å². The molecule has 4 aromatic rings. The summed E-state index contributed by atoms with van der Waals surface area (Å²) in [4.78, 5) is 17.8. The second-order valence-corrected chi connectivity index (χ2v) is 9.64. The van der Waals surface area contributed by atoms with Gasteiger partial charge in [0, 0.05) is 17.5 Å². The van der Waals surface area contributed by atoms with Gasteiger partial charge in [-0.25, -0.2) is 4.98 Å². The number of thiazole rings is 1. The molecular formula is C28H26N2OS. The third-order valence-electron chi connectivity index (χ3n) is 6.57. The van der Waals surface area contributed by atoms with E-state index >= 15 is 0 Å². The van der Waals surface area contributed by atoms with E-state index in [1.54, 1.807) is 6.20 Å². The summed E-state index contributed by atoms with van der Waals surface area (Å²) < 4.78 is 0. The summed E-state index contributed by atoms with van der Waals surface area (Å²) in [5.74, 6) is 0.0404. The molecule has 0 spiro atoms. The zero-order valence-electron chi connectivity index (χ0n) is 18.1. The van der Waals surface area contributed by atoms with Crippen molar-refractivity contribution in [3.8, 4) is 0 Å². The lowest BCUT2D eigenvalue weighted by Gasteiger charge is -2.31. The molecule has 1 amide bonds. The van der Waals surface area contributed by atoms with Gasteiger partial charge in [0.1, 0.15) is 0 Å². The first-order valence-corrected chi connectivity index (χ1v) is 11.9. The molecule has 0 bridgehead atoms. The van der Waals surface area contributed by atoms with E-state index in [0.717, 1.165) is 19.3 Å². The molecule has 4 heteroatoms. The molecule has 32 heavy (non-hydrogen) atoms. The van der Waals surface area contributed by atoms with Gasteiger partial charge in [0.05, 0.1) is 5.41 Å². The summed E-state index contributed by atoms with van der Waals surface area (Å²) in [5, 5.41) is 5.61. The van der Waals surface area contributed by atoms with E-state index < -0.39 is 5.41 Å². The largest absolute Gasteiger partial charge is 0.301 e. The molecule has 1 aliphatic rings. The van der Waals surface area contributed by atoms with Crippen LogP contribution in [-0.2, 0) is 24.1 Å². The molecule has 3 nitrogen and oxygen atoms in total. The van der Waals surface area contributed by atoms with E-state index in [1.165, 1.54) is 39.2 Å². The maximum absolute atomic E-state index is 13.5. The highest BCUT2D eigenvalue weighted by Crippen LogP contribution is 2.51. The Labute approximate surface area is 193 Å². The van der Waals surface area contributed by atoms with Crippen molar-refractivity contribution in [2.24, 2.45) is 5.41 Å². The van der Waals surface area contributed by atoms with Crippen molar-refractivity contribution in [3.63, 3.8) is 0 Å². The molecule has 1 N–H and O–H groups in total. The lowest BCUT2D eigenvalue weighted by atomic mass is 9.73. The Balaban J connectivity index is 1.48. The van der Waals surface area contributed by atoms with Gasteiger partial charge in [0.15, 0.2) is 5.13 Å². The van der Waals surface area contributed by atoms with Crippen LogP contribution in [0.3, 0.4) is 0 Å². The van der Waals surface area contributed by atoms with Crippen molar-refractivity contribution in [1.29, 1.82) is 0 Å². The number of anilines is 1.